The van der Waals surface area contributed by atoms with Crippen LogP contribution >= 0.6 is 0 Å². The highest BCUT2D eigenvalue weighted by Gasteiger charge is 2.36. The molecular formula is C20H24N4O2. The molecule has 1 saturated carbocycles. The summed E-state index contributed by atoms with van der Waals surface area (Å²) in [6.45, 7) is 1.86. The Morgan fingerprint density at radius 3 is 2.69 bits per heavy atom. The van der Waals surface area contributed by atoms with Crippen molar-refractivity contribution in [3.8, 4) is 11.5 Å². The molecule has 0 radical (unpaired) electrons. The second-order valence-corrected chi connectivity index (χ2v) is 6.89. The minimum Gasteiger partial charge on any atom is -0.486 e. The lowest BCUT2D eigenvalue weighted by atomic mass is 9.79. The molecule has 0 saturated heterocycles. The van der Waals surface area contributed by atoms with Crippen molar-refractivity contribution in [1.29, 1.82) is 0 Å². The number of pyridine rings is 1. The number of hydrogen-bond acceptors (Lipinski definition) is 4. The smallest absolute Gasteiger partial charge is 0.194 e. The summed E-state index contributed by atoms with van der Waals surface area (Å²) in [4.78, 5) is 8.85. The van der Waals surface area contributed by atoms with Crippen LogP contribution in [-0.4, -0.2) is 30.7 Å². The molecule has 1 aliphatic heterocycles. The molecule has 0 bridgehead atoms. The van der Waals surface area contributed by atoms with Gasteiger partial charge in [0.25, 0.3) is 0 Å². The van der Waals surface area contributed by atoms with Gasteiger partial charge < -0.3 is 20.5 Å². The lowest BCUT2D eigenvalue weighted by molar-refractivity contribution is 0.171. The highest BCUT2D eigenvalue weighted by Crippen LogP contribution is 2.44. The predicted octanol–water partition coefficient (Wildman–Crippen LogP) is 3.09. The summed E-state index contributed by atoms with van der Waals surface area (Å²) in [6, 6.07) is 11.9. The van der Waals surface area contributed by atoms with Crippen molar-refractivity contribution < 1.29 is 9.47 Å². The number of ether oxygens (including phenoxy) is 2. The van der Waals surface area contributed by atoms with Crippen LogP contribution in [-0.2, 0) is 5.41 Å². The second kappa shape index (κ2) is 7.23. The first kappa shape index (κ1) is 16.7. The summed E-state index contributed by atoms with van der Waals surface area (Å²) in [5.41, 5.74) is 7.35. The van der Waals surface area contributed by atoms with Gasteiger partial charge in [-0.05, 0) is 42.7 Å². The van der Waals surface area contributed by atoms with E-state index in [-0.39, 0.29) is 5.41 Å². The molecule has 1 aromatic heterocycles. The molecule has 3 N–H and O–H groups in total. The quantitative estimate of drug-likeness (QED) is 0.653. The Kier molecular flexibility index (Phi) is 4.65. The average Bonchev–Trinajstić information content (AvgIpc) is 3.17. The van der Waals surface area contributed by atoms with Gasteiger partial charge in [0.2, 0.25) is 0 Å². The molecule has 0 amide bonds. The zero-order valence-electron chi connectivity index (χ0n) is 14.8. The largest absolute Gasteiger partial charge is 0.486 e. The lowest BCUT2D eigenvalue weighted by Gasteiger charge is -2.29. The van der Waals surface area contributed by atoms with Gasteiger partial charge >= 0.3 is 0 Å². The van der Waals surface area contributed by atoms with E-state index in [0.717, 1.165) is 24.3 Å². The molecule has 1 aromatic carbocycles. The number of fused-ring (bicyclic) bond motifs is 1. The van der Waals surface area contributed by atoms with Crippen LogP contribution in [0.1, 0.15) is 31.2 Å². The Morgan fingerprint density at radius 1 is 1.12 bits per heavy atom. The SMILES string of the molecule is NC(=NCC1(c2ccc3c(c2)OCCO3)CCCC1)Nc1ccccn1. The van der Waals surface area contributed by atoms with Crippen molar-refractivity contribution >= 4 is 11.8 Å². The molecule has 1 aliphatic carbocycles. The summed E-state index contributed by atoms with van der Waals surface area (Å²) in [6.07, 6.45) is 6.35. The fourth-order valence-electron chi connectivity index (χ4n) is 3.81. The topological polar surface area (TPSA) is 81.8 Å². The monoisotopic (exact) mass is 352 g/mol. The van der Waals surface area contributed by atoms with Gasteiger partial charge in [-0.1, -0.05) is 25.0 Å². The number of anilines is 1. The van der Waals surface area contributed by atoms with Crippen molar-refractivity contribution in [3.05, 3.63) is 48.2 Å². The molecule has 0 spiro atoms. The number of nitrogens with two attached hydrogens (primary N) is 1. The van der Waals surface area contributed by atoms with Gasteiger partial charge in [-0.2, -0.15) is 0 Å². The van der Waals surface area contributed by atoms with Crippen LogP contribution in [0.15, 0.2) is 47.6 Å². The minimum absolute atomic E-state index is 0.00620. The summed E-state index contributed by atoms with van der Waals surface area (Å²) in [5, 5.41) is 3.06. The van der Waals surface area contributed by atoms with Crippen molar-refractivity contribution in [2.45, 2.75) is 31.1 Å². The fourth-order valence-corrected chi connectivity index (χ4v) is 3.81. The van der Waals surface area contributed by atoms with Crippen LogP contribution in [0.3, 0.4) is 0 Å². The van der Waals surface area contributed by atoms with E-state index in [0.29, 0.717) is 31.5 Å². The molecule has 6 heteroatoms. The number of nitrogens with one attached hydrogen (secondary N) is 1. The molecule has 0 atom stereocenters. The van der Waals surface area contributed by atoms with Gasteiger partial charge in [0.1, 0.15) is 19.0 Å². The number of guanidine groups is 1. The van der Waals surface area contributed by atoms with E-state index < -0.39 is 0 Å². The zero-order valence-corrected chi connectivity index (χ0v) is 14.8. The second-order valence-electron chi connectivity index (χ2n) is 6.89. The number of benzene rings is 1. The average molecular weight is 352 g/mol. The molecule has 0 unspecified atom stereocenters. The number of hydrogen-bond donors (Lipinski definition) is 2. The molecule has 4 rings (SSSR count). The maximum absolute atomic E-state index is 6.09. The molecule has 136 valence electrons. The Morgan fingerprint density at radius 2 is 1.92 bits per heavy atom. The summed E-state index contributed by atoms with van der Waals surface area (Å²) < 4.78 is 11.4. The first-order chi connectivity index (χ1) is 12.8. The maximum atomic E-state index is 6.09. The van der Waals surface area contributed by atoms with Crippen LogP contribution < -0.4 is 20.5 Å². The van der Waals surface area contributed by atoms with Gasteiger partial charge in [-0.15, -0.1) is 0 Å². The molecule has 26 heavy (non-hydrogen) atoms. The zero-order chi connectivity index (χ0) is 17.8. The van der Waals surface area contributed by atoms with Gasteiger partial charge in [-0.3, -0.25) is 4.99 Å². The number of nitrogens with zero attached hydrogens (tertiary/aromatic N) is 2. The predicted molar refractivity (Wildman–Crippen MR) is 102 cm³/mol. The molecular weight excluding hydrogens is 328 g/mol. The van der Waals surface area contributed by atoms with Crippen molar-refractivity contribution in [2.24, 2.45) is 10.7 Å². The van der Waals surface area contributed by atoms with Crippen LogP contribution in [0.4, 0.5) is 5.82 Å². The summed E-state index contributed by atoms with van der Waals surface area (Å²) in [7, 11) is 0. The van der Waals surface area contributed by atoms with Crippen LogP contribution in [0.5, 0.6) is 11.5 Å². The van der Waals surface area contributed by atoms with E-state index in [1.54, 1.807) is 6.20 Å². The third-order valence-electron chi connectivity index (χ3n) is 5.19. The standard InChI is InChI=1S/C20H24N4O2/c21-19(24-18-5-1-4-10-22-18)23-14-20(8-2-3-9-20)15-6-7-16-17(13-15)26-12-11-25-16/h1,4-7,10,13H,2-3,8-9,11-12,14H2,(H3,21,22,23,24). The Bertz CT molecular complexity index is 786. The van der Waals surface area contributed by atoms with Crippen LogP contribution in [0.2, 0.25) is 0 Å². The van der Waals surface area contributed by atoms with Crippen LogP contribution in [0, 0.1) is 0 Å². The van der Waals surface area contributed by atoms with E-state index in [2.05, 4.69) is 27.4 Å². The number of rotatable bonds is 4. The van der Waals surface area contributed by atoms with Gasteiger partial charge in [-0.25, -0.2) is 4.98 Å². The molecule has 6 nitrogen and oxygen atoms in total. The third-order valence-corrected chi connectivity index (χ3v) is 5.19. The molecule has 1 fully saturated rings. The van der Waals surface area contributed by atoms with Gasteiger partial charge in [0.15, 0.2) is 17.5 Å². The van der Waals surface area contributed by atoms with Gasteiger partial charge in [0, 0.05) is 11.6 Å². The van der Waals surface area contributed by atoms with Gasteiger partial charge in [0.05, 0.1) is 6.54 Å². The Labute approximate surface area is 153 Å². The number of aliphatic imine (C=N–C) groups is 1. The van der Waals surface area contributed by atoms with E-state index in [1.165, 1.54) is 18.4 Å². The fraction of sp³-hybridized carbons (Fsp3) is 0.400. The third kappa shape index (κ3) is 3.45. The van der Waals surface area contributed by atoms with E-state index >= 15 is 0 Å². The Balaban J connectivity index is 1.54. The molecule has 2 heterocycles. The Hall–Kier alpha value is -2.76. The van der Waals surface area contributed by atoms with Crippen molar-refractivity contribution in [3.63, 3.8) is 0 Å². The minimum atomic E-state index is 0.00620. The highest BCUT2D eigenvalue weighted by atomic mass is 16.6. The lowest BCUT2D eigenvalue weighted by Crippen LogP contribution is -2.30. The van der Waals surface area contributed by atoms with E-state index in [1.807, 2.05) is 24.3 Å². The summed E-state index contributed by atoms with van der Waals surface area (Å²) >= 11 is 0. The number of aromatic nitrogens is 1. The molecule has 2 aliphatic rings. The van der Waals surface area contributed by atoms with Crippen molar-refractivity contribution in [2.75, 3.05) is 25.1 Å². The molecule has 2 aromatic rings. The summed E-state index contributed by atoms with van der Waals surface area (Å²) in [5.74, 6) is 2.76. The normalized spacial score (nSPS) is 18.5. The van der Waals surface area contributed by atoms with Crippen molar-refractivity contribution in [1.82, 2.24) is 4.98 Å². The van der Waals surface area contributed by atoms with E-state index in [4.69, 9.17) is 15.2 Å². The highest BCUT2D eigenvalue weighted by molar-refractivity contribution is 5.91. The van der Waals surface area contributed by atoms with E-state index in [9.17, 15) is 0 Å². The maximum Gasteiger partial charge on any atom is 0.194 e. The first-order valence-corrected chi connectivity index (χ1v) is 9.13. The van der Waals surface area contributed by atoms with Crippen LogP contribution in [0.25, 0.3) is 0 Å². The first-order valence-electron chi connectivity index (χ1n) is 9.13.